The van der Waals surface area contributed by atoms with Crippen molar-refractivity contribution >= 4 is 11.8 Å². The lowest BCUT2D eigenvalue weighted by atomic mass is 10.2. The topological polar surface area (TPSA) is 44.3 Å². The summed E-state index contributed by atoms with van der Waals surface area (Å²) in [5.74, 6) is 1.67. The number of likely N-dealkylation sites (N-methyl/N-ethyl adjacent to an activating group) is 2. The van der Waals surface area contributed by atoms with E-state index >= 15 is 0 Å². The Morgan fingerprint density at radius 2 is 2.00 bits per heavy atom. The van der Waals surface area contributed by atoms with E-state index in [0.29, 0.717) is 12.0 Å². The van der Waals surface area contributed by atoms with E-state index in [9.17, 15) is 0 Å². The summed E-state index contributed by atoms with van der Waals surface area (Å²) in [5, 5.41) is 3.01. The summed E-state index contributed by atoms with van der Waals surface area (Å²) in [6, 6.07) is 2.46. The van der Waals surface area contributed by atoms with Crippen LogP contribution in [0.5, 0.6) is 0 Å². The molecule has 1 unspecified atom stereocenters. The van der Waals surface area contributed by atoms with E-state index in [-0.39, 0.29) is 0 Å². The SMILES string of the molecule is CCN(c1cc(C)nc(NC)n1)C(C)CN(C)C. The fourth-order valence-corrected chi connectivity index (χ4v) is 2.14. The maximum Gasteiger partial charge on any atom is 0.224 e. The average molecular weight is 251 g/mol. The summed E-state index contributed by atoms with van der Waals surface area (Å²) >= 11 is 0. The third-order valence-electron chi connectivity index (χ3n) is 2.86. The van der Waals surface area contributed by atoms with E-state index in [4.69, 9.17) is 0 Å². The standard InChI is InChI=1S/C13H25N5/c1-7-18(11(3)9-17(5)6)12-8-10(2)15-13(14-4)16-12/h8,11H,7,9H2,1-6H3,(H,14,15,16). The van der Waals surface area contributed by atoms with Crippen molar-refractivity contribution in [1.82, 2.24) is 14.9 Å². The molecule has 0 radical (unpaired) electrons. The number of nitrogens with one attached hydrogen (secondary N) is 1. The van der Waals surface area contributed by atoms with Gasteiger partial charge in [0, 0.05) is 37.9 Å². The Hall–Kier alpha value is -1.36. The molecular formula is C13H25N5. The second-order valence-corrected chi connectivity index (χ2v) is 4.84. The molecule has 1 aromatic heterocycles. The zero-order valence-electron chi connectivity index (χ0n) is 12.4. The van der Waals surface area contributed by atoms with E-state index in [0.717, 1.165) is 24.6 Å². The number of aromatic nitrogens is 2. The normalized spacial score (nSPS) is 12.6. The van der Waals surface area contributed by atoms with Gasteiger partial charge in [0.05, 0.1) is 0 Å². The molecule has 1 heterocycles. The summed E-state index contributed by atoms with van der Waals surface area (Å²) in [5.41, 5.74) is 0.986. The molecule has 0 fully saturated rings. The molecule has 1 aromatic rings. The van der Waals surface area contributed by atoms with Gasteiger partial charge in [-0.25, -0.2) is 4.98 Å². The Morgan fingerprint density at radius 1 is 1.33 bits per heavy atom. The molecular weight excluding hydrogens is 226 g/mol. The van der Waals surface area contributed by atoms with E-state index in [1.54, 1.807) is 0 Å². The minimum absolute atomic E-state index is 0.420. The van der Waals surface area contributed by atoms with Crippen LogP contribution in [-0.2, 0) is 0 Å². The van der Waals surface area contributed by atoms with Gasteiger partial charge in [0.1, 0.15) is 5.82 Å². The average Bonchev–Trinajstić information content (AvgIpc) is 2.28. The van der Waals surface area contributed by atoms with Crippen LogP contribution in [0.2, 0.25) is 0 Å². The van der Waals surface area contributed by atoms with Crippen molar-refractivity contribution in [2.24, 2.45) is 0 Å². The summed E-state index contributed by atoms with van der Waals surface area (Å²) in [4.78, 5) is 13.4. The Labute approximate surface area is 110 Å². The highest BCUT2D eigenvalue weighted by Gasteiger charge is 2.16. The van der Waals surface area contributed by atoms with E-state index in [1.165, 1.54) is 0 Å². The van der Waals surface area contributed by atoms with Gasteiger partial charge in [-0.2, -0.15) is 4.98 Å². The Morgan fingerprint density at radius 3 is 2.50 bits per heavy atom. The molecule has 0 aliphatic heterocycles. The Balaban J connectivity index is 2.97. The molecule has 0 aromatic carbocycles. The highest BCUT2D eigenvalue weighted by atomic mass is 15.3. The smallest absolute Gasteiger partial charge is 0.224 e. The third-order valence-corrected chi connectivity index (χ3v) is 2.86. The van der Waals surface area contributed by atoms with Crippen LogP contribution in [-0.4, -0.2) is 55.1 Å². The molecule has 1 N–H and O–H groups in total. The summed E-state index contributed by atoms with van der Waals surface area (Å²) < 4.78 is 0. The van der Waals surface area contributed by atoms with E-state index in [1.807, 2.05) is 20.0 Å². The zero-order valence-corrected chi connectivity index (χ0v) is 12.4. The number of aryl methyl sites for hydroxylation is 1. The van der Waals surface area contributed by atoms with Crippen molar-refractivity contribution in [1.29, 1.82) is 0 Å². The van der Waals surface area contributed by atoms with Gasteiger partial charge in [-0.3, -0.25) is 0 Å². The Bertz CT molecular complexity index is 378. The lowest BCUT2D eigenvalue weighted by Gasteiger charge is -2.31. The molecule has 0 aliphatic rings. The summed E-state index contributed by atoms with van der Waals surface area (Å²) in [6.45, 7) is 8.32. The second-order valence-electron chi connectivity index (χ2n) is 4.84. The van der Waals surface area contributed by atoms with Crippen LogP contribution in [0.1, 0.15) is 19.5 Å². The van der Waals surface area contributed by atoms with Crippen LogP contribution in [0.15, 0.2) is 6.07 Å². The first-order valence-corrected chi connectivity index (χ1v) is 6.42. The minimum Gasteiger partial charge on any atom is -0.357 e. The van der Waals surface area contributed by atoms with Crippen LogP contribution in [0, 0.1) is 6.92 Å². The van der Waals surface area contributed by atoms with E-state index in [2.05, 4.69) is 53.0 Å². The van der Waals surface area contributed by atoms with Crippen molar-refractivity contribution < 1.29 is 0 Å². The van der Waals surface area contributed by atoms with Gasteiger partial charge in [0.15, 0.2) is 0 Å². The third kappa shape index (κ3) is 3.84. The molecule has 0 amide bonds. The van der Waals surface area contributed by atoms with Crippen LogP contribution < -0.4 is 10.2 Å². The molecule has 0 bridgehead atoms. The van der Waals surface area contributed by atoms with Crippen molar-refractivity contribution in [2.75, 3.05) is 44.4 Å². The van der Waals surface area contributed by atoms with Gasteiger partial charge in [0.2, 0.25) is 5.95 Å². The molecule has 0 aliphatic carbocycles. The number of anilines is 2. The van der Waals surface area contributed by atoms with Gasteiger partial charge < -0.3 is 15.1 Å². The zero-order chi connectivity index (χ0) is 13.7. The lowest BCUT2D eigenvalue weighted by molar-refractivity contribution is 0.372. The molecule has 5 nitrogen and oxygen atoms in total. The molecule has 0 saturated carbocycles. The molecule has 0 spiro atoms. The van der Waals surface area contributed by atoms with Crippen molar-refractivity contribution in [3.63, 3.8) is 0 Å². The highest BCUT2D eigenvalue weighted by molar-refractivity contribution is 5.45. The van der Waals surface area contributed by atoms with Crippen LogP contribution in [0.25, 0.3) is 0 Å². The van der Waals surface area contributed by atoms with Gasteiger partial charge in [-0.1, -0.05) is 0 Å². The Kier molecular flexibility index (Phi) is 5.34. The number of nitrogens with zero attached hydrogens (tertiary/aromatic N) is 4. The van der Waals surface area contributed by atoms with Crippen molar-refractivity contribution in [3.05, 3.63) is 11.8 Å². The number of hydrogen-bond donors (Lipinski definition) is 1. The maximum absolute atomic E-state index is 4.54. The first-order chi connectivity index (χ1) is 8.47. The maximum atomic E-state index is 4.54. The quantitative estimate of drug-likeness (QED) is 0.832. The van der Waals surface area contributed by atoms with Gasteiger partial charge >= 0.3 is 0 Å². The monoisotopic (exact) mass is 251 g/mol. The number of hydrogen-bond acceptors (Lipinski definition) is 5. The fourth-order valence-electron chi connectivity index (χ4n) is 2.14. The second kappa shape index (κ2) is 6.54. The molecule has 1 atom stereocenters. The van der Waals surface area contributed by atoms with Crippen molar-refractivity contribution in [2.45, 2.75) is 26.8 Å². The minimum atomic E-state index is 0.420. The molecule has 18 heavy (non-hydrogen) atoms. The summed E-state index contributed by atoms with van der Waals surface area (Å²) in [6.07, 6.45) is 0. The molecule has 5 heteroatoms. The first-order valence-electron chi connectivity index (χ1n) is 6.42. The van der Waals surface area contributed by atoms with Crippen LogP contribution in [0.3, 0.4) is 0 Å². The molecule has 1 rings (SSSR count). The first kappa shape index (κ1) is 14.7. The van der Waals surface area contributed by atoms with Gasteiger partial charge in [-0.15, -0.1) is 0 Å². The molecule has 102 valence electrons. The lowest BCUT2D eigenvalue weighted by Crippen LogP contribution is -2.40. The fraction of sp³-hybridized carbons (Fsp3) is 0.692. The highest BCUT2D eigenvalue weighted by Crippen LogP contribution is 2.17. The number of rotatable bonds is 6. The predicted octanol–water partition coefficient (Wildman–Crippen LogP) is 1.60. The molecule has 0 saturated heterocycles. The van der Waals surface area contributed by atoms with Crippen LogP contribution >= 0.6 is 0 Å². The summed E-state index contributed by atoms with van der Waals surface area (Å²) in [7, 11) is 6.03. The van der Waals surface area contributed by atoms with Gasteiger partial charge in [0.25, 0.3) is 0 Å². The largest absolute Gasteiger partial charge is 0.357 e. The van der Waals surface area contributed by atoms with Crippen LogP contribution in [0.4, 0.5) is 11.8 Å². The van der Waals surface area contributed by atoms with Gasteiger partial charge in [-0.05, 0) is 34.9 Å². The van der Waals surface area contributed by atoms with Crippen molar-refractivity contribution in [3.8, 4) is 0 Å². The van der Waals surface area contributed by atoms with E-state index < -0.39 is 0 Å². The predicted molar refractivity (Wildman–Crippen MR) is 77.4 cm³/mol.